The molecule has 0 heterocycles. The van der Waals surface area contributed by atoms with Gasteiger partial charge in [-0.25, -0.2) is 0 Å². The summed E-state index contributed by atoms with van der Waals surface area (Å²) in [6.07, 6.45) is 5.08. The van der Waals surface area contributed by atoms with Gasteiger partial charge >= 0.3 is 0 Å². The molecule has 14 heavy (non-hydrogen) atoms. The molecule has 0 bridgehead atoms. The second-order valence-electron chi connectivity index (χ2n) is 3.09. The Kier molecular flexibility index (Phi) is 4.48. The van der Waals surface area contributed by atoms with Crippen LogP contribution in [0, 0.1) is 5.41 Å². The van der Waals surface area contributed by atoms with Gasteiger partial charge in [0.15, 0.2) is 0 Å². The van der Waals surface area contributed by atoms with E-state index < -0.39 is 0 Å². The fourth-order valence-electron chi connectivity index (χ4n) is 1.32. The van der Waals surface area contributed by atoms with Crippen molar-refractivity contribution in [2.24, 2.45) is 0 Å². The quantitative estimate of drug-likeness (QED) is 0.684. The Balaban J connectivity index is 2.47. The van der Waals surface area contributed by atoms with Crippen molar-refractivity contribution in [1.29, 1.82) is 5.41 Å². The molecule has 1 aromatic rings. The standard InChI is InChI=1S/C12H16N2/c1-14-12(9-10-13)8-7-11-5-3-2-4-6-11/h2-6,9-10,13-14H,7-8H2,1H3/b12-9-,13-10?. The van der Waals surface area contributed by atoms with E-state index in [-0.39, 0.29) is 0 Å². The molecule has 1 aromatic carbocycles. The van der Waals surface area contributed by atoms with Crippen molar-refractivity contribution in [3.05, 3.63) is 47.7 Å². The number of benzene rings is 1. The molecule has 0 amide bonds. The van der Waals surface area contributed by atoms with Crippen molar-refractivity contribution < 1.29 is 0 Å². The van der Waals surface area contributed by atoms with E-state index in [1.165, 1.54) is 11.8 Å². The molecule has 0 aliphatic carbocycles. The van der Waals surface area contributed by atoms with Crippen LogP contribution in [0.25, 0.3) is 0 Å². The Bertz CT molecular complexity index is 301. The molecule has 0 saturated carbocycles. The van der Waals surface area contributed by atoms with E-state index in [0.717, 1.165) is 18.5 Å². The predicted octanol–water partition coefficient (Wildman–Crippen LogP) is 2.37. The molecule has 2 N–H and O–H groups in total. The molecular formula is C12H16N2. The van der Waals surface area contributed by atoms with Crippen LogP contribution >= 0.6 is 0 Å². The summed E-state index contributed by atoms with van der Waals surface area (Å²) >= 11 is 0. The average Bonchev–Trinajstić information content (AvgIpc) is 2.25. The van der Waals surface area contributed by atoms with Gasteiger partial charge < -0.3 is 10.7 Å². The zero-order valence-electron chi connectivity index (χ0n) is 8.46. The summed E-state index contributed by atoms with van der Waals surface area (Å²) < 4.78 is 0. The molecule has 1 rings (SSSR count). The average molecular weight is 188 g/mol. The van der Waals surface area contributed by atoms with Crippen molar-refractivity contribution in [3.8, 4) is 0 Å². The first-order valence-corrected chi connectivity index (χ1v) is 4.78. The normalized spacial score (nSPS) is 11.1. The molecule has 0 aliphatic rings. The van der Waals surface area contributed by atoms with Crippen LogP contribution in [0.15, 0.2) is 42.1 Å². The molecule has 0 atom stereocenters. The molecule has 0 fully saturated rings. The largest absolute Gasteiger partial charge is 0.391 e. The van der Waals surface area contributed by atoms with Gasteiger partial charge in [0.1, 0.15) is 0 Å². The van der Waals surface area contributed by atoms with Crippen LogP contribution in [0.4, 0.5) is 0 Å². The Morgan fingerprint density at radius 1 is 1.36 bits per heavy atom. The molecule has 0 spiro atoms. The molecule has 2 heteroatoms. The Morgan fingerprint density at radius 3 is 2.64 bits per heavy atom. The fraction of sp³-hybridized carbons (Fsp3) is 0.250. The lowest BCUT2D eigenvalue weighted by atomic mass is 10.1. The lowest BCUT2D eigenvalue weighted by molar-refractivity contribution is 0.838. The maximum absolute atomic E-state index is 6.98. The van der Waals surface area contributed by atoms with E-state index in [0.29, 0.717) is 0 Å². The van der Waals surface area contributed by atoms with E-state index in [2.05, 4.69) is 29.6 Å². The Hall–Kier alpha value is -1.57. The van der Waals surface area contributed by atoms with Gasteiger partial charge in [0.2, 0.25) is 0 Å². The van der Waals surface area contributed by atoms with Gasteiger partial charge in [-0.1, -0.05) is 30.3 Å². The highest BCUT2D eigenvalue weighted by atomic mass is 14.8. The first-order chi connectivity index (χ1) is 6.86. The first kappa shape index (κ1) is 10.5. The second-order valence-corrected chi connectivity index (χ2v) is 3.09. The summed E-state index contributed by atoms with van der Waals surface area (Å²) in [6.45, 7) is 0. The van der Waals surface area contributed by atoms with E-state index in [9.17, 15) is 0 Å². The van der Waals surface area contributed by atoms with Crippen LogP contribution in [0.2, 0.25) is 0 Å². The van der Waals surface area contributed by atoms with Crippen LogP contribution in [-0.4, -0.2) is 13.3 Å². The van der Waals surface area contributed by atoms with Gasteiger partial charge in [0.05, 0.1) is 0 Å². The minimum absolute atomic E-state index is 0.954. The summed E-state index contributed by atoms with van der Waals surface area (Å²) in [7, 11) is 1.89. The molecule has 0 aliphatic heterocycles. The molecule has 0 radical (unpaired) electrons. The summed E-state index contributed by atoms with van der Waals surface area (Å²) in [4.78, 5) is 0. The lowest BCUT2D eigenvalue weighted by Gasteiger charge is -2.05. The van der Waals surface area contributed by atoms with Gasteiger partial charge in [-0.2, -0.15) is 0 Å². The number of rotatable bonds is 5. The monoisotopic (exact) mass is 188 g/mol. The van der Waals surface area contributed by atoms with Gasteiger partial charge in [0.25, 0.3) is 0 Å². The second kappa shape index (κ2) is 5.97. The molecular weight excluding hydrogens is 172 g/mol. The highest BCUT2D eigenvalue weighted by Crippen LogP contribution is 2.06. The number of nitrogens with one attached hydrogen (secondary N) is 2. The first-order valence-electron chi connectivity index (χ1n) is 4.78. The third-order valence-electron chi connectivity index (χ3n) is 2.13. The van der Waals surface area contributed by atoms with Crippen LogP contribution < -0.4 is 5.32 Å². The van der Waals surface area contributed by atoms with Crippen molar-refractivity contribution in [2.45, 2.75) is 12.8 Å². The van der Waals surface area contributed by atoms with Crippen LogP contribution in [0.1, 0.15) is 12.0 Å². The maximum atomic E-state index is 6.98. The molecule has 0 aromatic heterocycles. The van der Waals surface area contributed by atoms with E-state index >= 15 is 0 Å². The van der Waals surface area contributed by atoms with Crippen LogP contribution in [-0.2, 0) is 6.42 Å². The lowest BCUT2D eigenvalue weighted by Crippen LogP contribution is -2.07. The number of allylic oxidation sites excluding steroid dienone is 2. The van der Waals surface area contributed by atoms with Crippen LogP contribution in [0.3, 0.4) is 0 Å². The third kappa shape index (κ3) is 3.44. The van der Waals surface area contributed by atoms with Gasteiger partial charge in [-0.05, 0) is 24.5 Å². The summed E-state index contributed by atoms with van der Waals surface area (Å²) in [5.74, 6) is 0. The van der Waals surface area contributed by atoms with Gasteiger partial charge in [0, 0.05) is 19.0 Å². The minimum atomic E-state index is 0.954. The summed E-state index contributed by atoms with van der Waals surface area (Å²) in [5, 5.41) is 10.1. The van der Waals surface area contributed by atoms with E-state index in [4.69, 9.17) is 5.41 Å². The van der Waals surface area contributed by atoms with Crippen molar-refractivity contribution in [1.82, 2.24) is 5.32 Å². The number of hydrogen-bond donors (Lipinski definition) is 2. The third-order valence-corrected chi connectivity index (χ3v) is 2.13. The summed E-state index contributed by atoms with van der Waals surface area (Å²) in [5.41, 5.74) is 2.43. The zero-order valence-corrected chi connectivity index (χ0v) is 8.46. The SMILES string of the molecule is CN/C(=C\C=N)CCc1ccccc1. The highest BCUT2D eigenvalue weighted by Gasteiger charge is 1.95. The van der Waals surface area contributed by atoms with E-state index in [1.54, 1.807) is 6.08 Å². The Labute approximate surface area is 85.2 Å². The zero-order chi connectivity index (χ0) is 10.2. The Morgan fingerprint density at radius 2 is 2.07 bits per heavy atom. The topological polar surface area (TPSA) is 35.9 Å². The maximum Gasteiger partial charge on any atom is 0.0194 e. The van der Waals surface area contributed by atoms with E-state index in [1.807, 2.05) is 13.1 Å². The summed E-state index contributed by atoms with van der Waals surface area (Å²) in [6, 6.07) is 10.4. The predicted molar refractivity (Wildman–Crippen MR) is 60.7 cm³/mol. The number of aryl methyl sites for hydroxylation is 1. The number of hydrogen-bond acceptors (Lipinski definition) is 2. The van der Waals surface area contributed by atoms with Gasteiger partial charge in [-0.3, -0.25) is 0 Å². The molecule has 74 valence electrons. The molecule has 0 saturated heterocycles. The van der Waals surface area contributed by atoms with Crippen molar-refractivity contribution >= 4 is 6.21 Å². The molecule has 0 unspecified atom stereocenters. The van der Waals surface area contributed by atoms with Crippen molar-refractivity contribution in [2.75, 3.05) is 7.05 Å². The van der Waals surface area contributed by atoms with Crippen molar-refractivity contribution in [3.63, 3.8) is 0 Å². The molecule has 2 nitrogen and oxygen atoms in total. The fourth-order valence-corrected chi connectivity index (χ4v) is 1.32. The minimum Gasteiger partial charge on any atom is -0.391 e. The van der Waals surface area contributed by atoms with Gasteiger partial charge in [-0.15, -0.1) is 0 Å². The van der Waals surface area contributed by atoms with Crippen LogP contribution in [0.5, 0.6) is 0 Å². The smallest absolute Gasteiger partial charge is 0.0194 e. The highest BCUT2D eigenvalue weighted by molar-refractivity contribution is 5.68.